The highest BCUT2D eigenvalue weighted by molar-refractivity contribution is 7.92. The molecule has 1 atom stereocenters. The topological polar surface area (TPSA) is 96.0 Å². The van der Waals surface area contributed by atoms with Gasteiger partial charge in [0.15, 0.2) is 0 Å². The van der Waals surface area contributed by atoms with Crippen molar-refractivity contribution in [2.45, 2.75) is 69.5 Å². The highest BCUT2D eigenvalue weighted by Crippen LogP contribution is 2.27. The van der Waals surface area contributed by atoms with Crippen molar-refractivity contribution in [3.63, 3.8) is 0 Å². The van der Waals surface area contributed by atoms with Crippen LogP contribution in [0.25, 0.3) is 0 Å². The average molecular weight is 578 g/mol. The van der Waals surface area contributed by atoms with Crippen LogP contribution in [0.1, 0.15) is 50.2 Å². The summed E-state index contributed by atoms with van der Waals surface area (Å²) in [5.74, 6) is -0.108. The Bertz CT molecular complexity index is 1400. The smallest absolute Gasteiger partial charge is 0.264 e. The molecule has 0 saturated heterocycles. The van der Waals surface area contributed by atoms with Crippen molar-refractivity contribution in [1.82, 2.24) is 10.2 Å². The number of hydrogen-bond acceptors (Lipinski definition) is 5. The Morgan fingerprint density at radius 2 is 1.59 bits per heavy atom. The number of rotatable bonds is 12. The molecule has 0 bridgehead atoms. The minimum Gasteiger partial charge on any atom is -0.497 e. The number of amides is 2. The third kappa shape index (κ3) is 7.47. The van der Waals surface area contributed by atoms with Gasteiger partial charge in [0.2, 0.25) is 11.8 Å². The lowest BCUT2D eigenvalue weighted by Gasteiger charge is -2.33. The van der Waals surface area contributed by atoms with E-state index in [4.69, 9.17) is 4.74 Å². The van der Waals surface area contributed by atoms with Gasteiger partial charge in [0.25, 0.3) is 10.0 Å². The van der Waals surface area contributed by atoms with Crippen LogP contribution >= 0.6 is 0 Å². The number of sulfonamides is 1. The van der Waals surface area contributed by atoms with Crippen molar-refractivity contribution in [3.8, 4) is 5.75 Å². The average Bonchev–Trinajstić information content (AvgIpc) is 3.49. The summed E-state index contributed by atoms with van der Waals surface area (Å²) in [4.78, 5) is 29.2. The summed E-state index contributed by atoms with van der Waals surface area (Å²) in [7, 11) is -2.59. The maximum atomic E-state index is 14.1. The number of carbonyl (C=O) groups is 2. The summed E-state index contributed by atoms with van der Waals surface area (Å²) < 4.78 is 34.3. The number of ether oxygens (including phenoxy) is 1. The quantitative estimate of drug-likeness (QED) is 0.325. The summed E-state index contributed by atoms with van der Waals surface area (Å²) in [5, 5.41) is 3.13. The molecule has 1 fully saturated rings. The summed E-state index contributed by atoms with van der Waals surface area (Å²) in [6.07, 6.45) is 4.39. The number of anilines is 1. The molecule has 3 aromatic carbocycles. The molecule has 1 N–H and O–H groups in total. The number of aryl methyl sites for hydroxylation is 1. The maximum absolute atomic E-state index is 14.1. The first kappa shape index (κ1) is 30.1. The van der Waals surface area contributed by atoms with Gasteiger partial charge in [-0.1, -0.05) is 67.8 Å². The van der Waals surface area contributed by atoms with E-state index in [0.717, 1.165) is 41.1 Å². The Hall–Kier alpha value is -3.85. The molecule has 4 rings (SSSR count). The molecule has 1 aliphatic rings. The summed E-state index contributed by atoms with van der Waals surface area (Å²) in [6, 6.07) is 21.9. The molecule has 9 heteroatoms. The predicted molar refractivity (Wildman–Crippen MR) is 160 cm³/mol. The van der Waals surface area contributed by atoms with E-state index in [9.17, 15) is 18.0 Å². The van der Waals surface area contributed by atoms with Gasteiger partial charge in [0.05, 0.1) is 17.7 Å². The minimum absolute atomic E-state index is 0.0762. The van der Waals surface area contributed by atoms with Crippen LogP contribution in [0.15, 0.2) is 83.8 Å². The zero-order valence-electron chi connectivity index (χ0n) is 24.0. The standard InChI is InChI=1S/C32H39N3O5S/c1-4-30(32(37)33-26-12-8-9-13-26)34(22-25-10-6-5-7-11-25)31(36)23-35(27-16-18-28(40-3)19-17-27)41(38,39)29-20-14-24(2)15-21-29/h5-7,10-11,14-21,26,30H,4,8-9,12-13,22-23H2,1-3H3,(H,33,37)/t30-/m1/s1. The Labute approximate surface area is 243 Å². The third-order valence-corrected chi connectivity index (χ3v) is 9.32. The number of nitrogens with zero attached hydrogens (tertiary/aromatic N) is 2. The van der Waals surface area contributed by atoms with E-state index in [1.54, 1.807) is 36.4 Å². The number of carbonyl (C=O) groups excluding carboxylic acids is 2. The minimum atomic E-state index is -4.12. The van der Waals surface area contributed by atoms with Gasteiger partial charge in [0, 0.05) is 12.6 Å². The van der Waals surface area contributed by atoms with Gasteiger partial charge >= 0.3 is 0 Å². The van der Waals surface area contributed by atoms with E-state index in [2.05, 4.69) is 5.32 Å². The lowest BCUT2D eigenvalue weighted by Crippen LogP contribution is -2.53. The molecule has 41 heavy (non-hydrogen) atoms. The van der Waals surface area contributed by atoms with Crippen LogP contribution in [-0.4, -0.2) is 50.9 Å². The molecule has 3 aromatic rings. The molecule has 8 nitrogen and oxygen atoms in total. The maximum Gasteiger partial charge on any atom is 0.264 e. The van der Waals surface area contributed by atoms with Crippen LogP contribution in [0.4, 0.5) is 5.69 Å². The second-order valence-corrected chi connectivity index (χ2v) is 12.3. The number of methoxy groups -OCH3 is 1. The van der Waals surface area contributed by atoms with Gasteiger partial charge in [-0.15, -0.1) is 0 Å². The number of nitrogens with one attached hydrogen (secondary N) is 1. The van der Waals surface area contributed by atoms with E-state index in [0.29, 0.717) is 17.9 Å². The Morgan fingerprint density at radius 3 is 2.17 bits per heavy atom. The molecule has 2 amide bonds. The second-order valence-electron chi connectivity index (χ2n) is 10.4. The van der Waals surface area contributed by atoms with E-state index >= 15 is 0 Å². The van der Waals surface area contributed by atoms with E-state index in [1.165, 1.54) is 24.1 Å². The Balaban J connectivity index is 1.70. The molecule has 0 aromatic heterocycles. The van der Waals surface area contributed by atoms with Crippen molar-refractivity contribution in [3.05, 3.63) is 90.0 Å². The summed E-state index contributed by atoms with van der Waals surface area (Å²) in [6.45, 7) is 3.46. The Kier molecular flexibility index (Phi) is 10.0. The van der Waals surface area contributed by atoms with Gasteiger partial charge in [0.1, 0.15) is 18.3 Å². The first-order valence-electron chi connectivity index (χ1n) is 14.1. The molecule has 0 spiro atoms. The monoisotopic (exact) mass is 577 g/mol. The molecule has 1 saturated carbocycles. The van der Waals surface area contributed by atoms with Crippen molar-refractivity contribution in [2.24, 2.45) is 0 Å². The normalized spacial score (nSPS) is 14.3. The second kappa shape index (κ2) is 13.7. The summed E-state index contributed by atoms with van der Waals surface area (Å²) in [5.41, 5.74) is 2.09. The van der Waals surface area contributed by atoms with E-state index in [1.807, 2.05) is 44.2 Å². The molecular weight excluding hydrogens is 538 g/mol. The highest BCUT2D eigenvalue weighted by Gasteiger charge is 2.34. The van der Waals surface area contributed by atoms with Crippen molar-refractivity contribution < 1.29 is 22.7 Å². The number of benzene rings is 3. The molecule has 218 valence electrons. The zero-order valence-corrected chi connectivity index (χ0v) is 24.8. The van der Waals surface area contributed by atoms with E-state index < -0.39 is 28.5 Å². The molecule has 0 unspecified atom stereocenters. The van der Waals surface area contributed by atoms with Crippen molar-refractivity contribution >= 4 is 27.5 Å². The fourth-order valence-electron chi connectivity index (χ4n) is 5.18. The highest BCUT2D eigenvalue weighted by atomic mass is 32.2. The third-order valence-electron chi connectivity index (χ3n) is 7.53. The largest absolute Gasteiger partial charge is 0.497 e. The predicted octanol–water partition coefficient (Wildman–Crippen LogP) is 5.07. The first-order chi connectivity index (χ1) is 19.7. The van der Waals surface area contributed by atoms with Crippen LogP contribution in [0.3, 0.4) is 0 Å². The molecule has 0 heterocycles. The van der Waals surface area contributed by atoms with Gasteiger partial charge in [-0.3, -0.25) is 13.9 Å². The van der Waals surface area contributed by atoms with Crippen LogP contribution in [0.2, 0.25) is 0 Å². The summed E-state index contributed by atoms with van der Waals surface area (Å²) >= 11 is 0. The van der Waals surface area contributed by atoms with Crippen LogP contribution in [0.5, 0.6) is 5.75 Å². The fraction of sp³-hybridized carbons (Fsp3) is 0.375. The first-order valence-corrected chi connectivity index (χ1v) is 15.5. The van der Waals surface area contributed by atoms with Gasteiger partial charge in [-0.2, -0.15) is 0 Å². The van der Waals surface area contributed by atoms with Crippen LogP contribution in [-0.2, 0) is 26.2 Å². The van der Waals surface area contributed by atoms with Crippen molar-refractivity contribution in [1.29, 1.82) is 0 Å². The number of hydrogen-bond donors (Lipinski definition) is 1. The van der Waals surface area contributed by atoms with Crippen molar-refractivity contribution in [2.75, 3.05) is 18.0 Å². The lowest BCUT2D eigenvalue weighted by atomic mass is 10.1. The molecule has 0 aliphatic heterocycles. The van der Waals surface area contributed by atoms with Gasteiger partial charge in [-0.05, 0) is 68.1 Å². The SMILES string of the molecule is CC[C@H](C(=O)NC1CCCC1)N(Cc1ccccc1)C(=O)CN(c1ccc(OC)cc1)S(=O)(=O)c1ccc(C)cc1. The van der Waals surface area contributed by atoms with Crippen LogP contribution < -0.4 is 14.4 Å². The van der Waals surface area contributed by atoms with Gasteiger partial charge < -0.3 is 15.0 Å². The van der Waals surface area contributed by atoms with Crippen LogP contribution in [0, 0.1) is 6.92 Å². The fourth-order valence-corrected chi connectivity index (χ4v) is 6.60. The zero-order chi connectivity index (χ0) is 29.4. The Morgan fingerprint density at radius 1 is 0.951 bits per heavy atom. The molecule has 1 aliphatic carbocycles. The molecule has 0 radical (unpaired) electrons. The molecular formula is C32H39N3O5S. The lowest BCUT2D eigenvalue weighted by molar-refractivity contribution is -0.140. The van der Waals surface area contributed by atoms with E-state index in [-0.39, 0.29) is 23.4 Å². The van der Waals surface area contributed by atoms with Gasteiger partial charge in [-0.25, -0.2) is 8.42 Å².